The predicted molar refractivity (Wildman–Crippen MR) is 93.2 cm³/mol. The van der Waals surface area contributed by atoms with Crippen LogP contribution in [-0.2, 0) is 11.2 Å². The molecule has 0 aliphatic rings. The zero-order valence-corrected chi connectivity index (χ0v) is 14.7. The maximum absolute atomic E-state index is 12.1. The third-order valence-corrected chi connectivity index (χ3v) is 4.09. The Morgan fingerprint density at radius 2 is 1.96 bits per heavy atom. The summed E-state index contributed by atoms with van der Waals surface area (Å²) in [6.45, 7) is 3.92. The van der Waals surface area contributed by atoms with Crippen molar-refractivity contribution in [3.05, 3.63) is 41.2 Å². The van der Waals surface area contributed by atoms with E-state index in [-0.39, 0.29) is 5.91 Å². The molecule has 2 aromatic rings. The van der Waals surface area contributed by atoms with Crippen molar-refractivity contribution in [3.63, 3.8) is 0 Å². The highest BCUT2D eigenvalue weighted by Gasteiger charge is 2.11. The number of amides is 1. The van der Waals surface area contributed by atoms with Crippen molar-refractivity contribution < 1.29 is 9.53 Å². The Hall–Kier alpha value is -2.08. The molecule has 0 aliphatic carbocycles. The van der Waals surface area contributed by atoms with Crippen LogP contribution in [0.25, 0.3) is 0 Å². The minimum atomic E-state index is -0.0361. The second-order valence-corrected chi connectivity index (χ2v) is 5.91. The van der Waals surface area contributed by atoms with E-state index in [1.165, 1.54) is 11.8 Å². The average molecular weight is 331 g/mol. The van der Waals surface area contributed by atoms with Crippen LogP contribution >= 0.6 is 11.8 Å². The molecule has 1 heterocycles. The lowest BCUT2D eigenvalue weighted by molar-refractivity contribution is -0.116. The van der Waals surface area contributed by atoms with Gasteiger partial charge in [0.2, 0.25) is 5.91 Å². The Morgan fingerprint density at radius 1 is 1.26 bits per heavy atom. The summed E-state index contributed by atoms with van der Waals surface area (Å²) in [6, 6.07) is 7.32. The summed E-state index contributed by atoms with van der Waals surface area (Å²) in [5.41, 5.74) is 3.66. The number of carbonyl (C=O) groups excluding carboxylic acids is 1. The molecule has 0 saturated heterocycles. The van der Waals surface area contributed by atoms with Gasteiger partial charge in [-0.15, -0.1) is 0 Å². The van der Waals surface area contributed by atoms with E-state index in [1.54, 1.807) is 13.2 Å². The van der Waals surface area contributed by atoms with Gasteiger partial charge < -0.3 is 10.1 Å². The molecule has 0 aliphatic heterocycles. The second-order valence-electron chi connectivity index (χ2n) is 5.14. The maximum Gasteiger partial charge on any atom is 0.224 e. The van der Waals surface area contributed by atoms with Crippen LogP contribution in [0.15, 0.2) is 29.4 Å². The Kier molecular flexibility index (Phi) is 5.98. The minimum absolute atomic E-state index is 0.0361. The maximum atomic E-state index is 12.1. The molecule has 1 aromatic carbocycles. The Morgan fingerprint density at radius 3 is 2.57 bits per heavy atom. The number of rotatable bonds is 6. The van der Waals surface area contributed by atoms with Gasteiger partial charge in [-0.1, -0.05) is 17.8 Å². The first-order valence-electron chi connectivity index (χ1n) is 7.35. The number of thioether (sulfide) groups is 1. The number of benzene rings is 1. The van der Waals surface area contributed by atoms with Crippen molar-refractivity contribution in [2.45, 2.75) is 31.8 Å². The van der Waals surface area contributed by atoms with E-state index < -0.39 is 0 Å². The topological polar surface area (TPSA) is 64.1 Å². The summed E-state index contributed by atoms with van der Waals surface area (Å²) >= 11 is 1.52. The number of aryl methyl sites for hydroxylation is 2. The van der Waals surface area contributed by atoms with E-state index in [4.69, 9.17) is 4.74 Å². The Balaban J connectivity index is 1.99. The quantitative estimate of drug-likeness (QED) is 0.649. The van der Waals surface area contributed by atoms with Gasteiger partial charge in [0.25, 0.3) is 0 Å². The summed E-state index contributed by atoms with van der Waals surface area (Å²) in [7, 11) is 1.60. The van der Waals surface area contributed by atoms with Crippen LogP contribution in [0.1, 0.15) is 23.4 Å². The van der Waals surface area contributed by atoms with Gasteiger partial charge in [-0.2, -0.15) is 0 Å². The van der Waals surface area contributed by atoms with Gasteiger partial charge in [0.1, 0.15) is 5.75 Å². The van der Waals surface area contributed by atoms with Gasteiger partial charge in [0, 0.05) is 29.6 Å². The molecule has 1 amide bonds. The van der Waals surface area contributed by atoms with Gasteiger partial charge in [-0.05, 0) is 44.2 Å². The van der Waals surface area contributed by atoms with Gasteiger partial charge in [-0.3, -0.25) is 4.79 Å². The third kappa shape index (κ3) is 4.69. The van der Waals surface area contributed by atoms with Crippen molar-refractivity contribution in [1.82, 2.24) is 9.97 Å². The molecular weight excluding hydrogens is 310 g/mol. The van der Waals surface area contributed by atoms with E-state index in [0.29, 0.717) is 12.8 Å². The van der Waals surface area contributed by atoms with Crippen LogP contribution in [0.4, 0.5) is 5.69 Å². The minimum Gasteiger partial charge on any atom is -0.497 e. The first-order valence-corrected chi connectivity index (χ1v) is 8.58. The number of methoxy groups -OCH3 is 1. The molecule has 6 heteroatoms. The lowest BCUT2D eigenvalue weighted by Crippen LogP contribution is -2.13. The van der Waals surface area contributed by atoms with Crippen molar-refractivity contribution in [2.75, 3.05) is 18.7 Å². The highest BCUT2D eigenvalue weighted by atomic mass is 32.2. The van der Waals surface area contributed by atoms with Gasteiger partial charge in [0.15, 0.2) is 5.16 Å². The highest BCUT2D eigenvalue weighted by molar-refractivity contribution is 7.98. The van der Waals surface area contributed by atoms with Crippen molar-refractivity contribution >= 4 is 23.4 Å². The summed E-state index contributed by atoms with van der Waals surface area (Å²) in [6.07, 6.45) is 2.97. The van der Waals surface area contributed by atoms with Gasteiger partial charge in [0.05, 0.1) is 7.11 Å². The number of carbonyl (C=O) groups is 1. The summed E-state index contributed by atoms with van der Waals surface area (Å²) in [5, 5.41) is 3.65. The first-order chi connectivity index (χ1) is 11.0. The van der Waals surface area contributed by atoms with E-state index in [2.05, 4.69) is 15.3 Å². The standard InChI is InChI=1S/C17H21N3O2S/c1-11-15(12(2)19-17(18-11)23-4)8-9-16(21)20-13-6-5-7-14(10-13)22-3/h5-7,10H,8-9H2,1-4H3,(H,20,21). The third-order valence-electron chi connectivity index (χ3n) is 3.54. The summed E-state index contributed by atoms with van der Waals surface area (Å²) in [4.78, 5) is 21.0. The van der Waals surface area contributed by atoms with Gasteiger partial charge in [-0.25, -0.2) is 9.97 Å². The number of nitrogens with zero attached hydrogens (tertiary/aromatic N) is 2. The Labute approximate surface area is 140 Å². The molecule has 0 spiro atoms. The van der Waals surface area contributed by atoms with Crippen LogP contribution in [-0.4, -0.2) is 29.2 Å². The number of nitrogens with one attached hydrogen (secondary N) is 1. The lowest BCUT2D eigenvalue weighted by atomic mass is 10.1. The number of anilines is 1. The van der Waals surface area contributed by atoms with Crippen LogP contribution in [0.5, 0.6) is 5.75 Å². The molecule has 0 saturated carbocycles. The number of hydrogen-bond donors (Lipinski definition) is 1. The zero-order chi connectivity index (χ0) is 16.8. The highest BCUT2D eigenvalue weighted by Crippen LogP contribution is 2.19. The molecule has 1 aromatic heterocycles. The van der Waals surface area contributed by atoms with Crippen molar-refractivity contribution in [2.24, 2.45) is 0 Å². The van der Waals surface area contributed by atoms with Crippen LogP contribution < -0.4 is 10.1 Å². The van der Waals surface area contributed by atoms with E-state index in [0.717, 1.165) is 33.5 Å². The lowest BCUT2D eigenvalue weighted by Gasteiger charge is -2.10. The zero-order valence-electron chi connectivity index (χ0n) is 13.8. The molecule has 0 unspecified atom stereocenters. The second kappa shape index (κ2) is 7.97. The fourth-order valence-electron chi connectivity index (χ4n) is 2.32. The first kappa shape index (κ1) is 17.3. The van der Waals surface area contributed by atoms with E-state index >= 15 is 0 Å². The number of aromatic nitrogens is 2. The molecule has 0 radical (unpaired) electrons. The van der Waals surface area contributed by atoms with Crippen LogP contribution in [0.2, 0.25) is 0 Å². The molecule has 0 fully saturated rings. The van der Waals surface area contributed by atoms with Crippen LogP contribution in [0.3, 0.4) is 0 Å². The molecule has 122 valence electrons. The molecule has 0 bridgehead atoms. The van der Waals surface area contributed by atoms with E-state index in [9.17, 15) is 4.79 Å². The normalized spacial score (nSPS) is 10.4. The number of ether oxygens (including phenoxy) is 1. The molecular formula is C17H21N3O2S. The molecule has 5 nitrogen and oxygen atoms in total. The van der Waals surface area contributed by atoms with Crippen molar-refractivity contribution in [3.8, 4) is 5.75 Å². The summed E-state index contributed by atoms with van der Waals surface area (Å²) < 4.78 is 5.15. The number of hydrogen-bond acceptors (Lipinski definition) is 5. The Bertz CT molecular complexity index is 681. The van der Waals surface area contributed by atoms with Gasteiger partial charge >= 0.3 is 0 Å². The fraction of sp³-hybridized carbons (Fsp3) is 0.353. The molecule has 2 rings (SSSR count). The monoisotopic (exact) mass is 331 g/mol. The average Bonchev–Trinajstić information content (AvgIpc) is 2.54. The molecule has 23 heavy (non-hydrogen) atoms. The van der Waals surface area contributed by atoms with Crippen molar-refractivity contribution in [1.29, 1.82) is 0 Å². The smallest absolute Gasteiger partial charge is 0.224 e. The molecule has 0 atom stereocenters. The van der Waals surface area contributed by atoms with E-state index in [1.807, 2.05) is 38.3 Å². The fourth-order valence-corrected chi connectivity index (χ4v) is 2.78. The predicted octanol–water partition coefficient (Wildman–Crippen LogP) is 3.40. The largest absolute Gasteiger partial charge is 0.497 e. The molecule has 1 N–H and O–H groups in total. The summed E-state index contributed by atoms with van der Waals surface area (Å²) in [5.74, 6) is 0.682. The SMILES string of the molecule is COc1cccc(NC(=O)CCc2c(C)nc(SC)nc2C)c1. The van der Waals surface area contributed by atoms with Crippen LogP contribution in [0, 0.1) is 13.8 Å².